The zero-order chi connectivity index (χ0) is 16.8. The lowest BCUT2D eigenvalue weighted by Crippen LogP contribution is -2.44. The van der Waals surface area contributed by atoms with Gasteiger partial charge < -0.3 is 14.5 Å². The van der Waals surface area contributed by atoms with Gasteiger partial charge in [0.2, 0.25) is 0 Å². The van der Waals surface area contributed by atoms with E-state index in [1.54, 1.807) is 0 Å². The van der Waals surface area contributed by atoms with Crippen molar-refractivity contribution < 1.29 is 4.74 Å². The minimum Gasteiger partial charge on any atom is -0.493 e. The number of likely N-dealkylation sites (N-methyl/N-ethyl adjacent to an activating group) is 1. The molecule has 0 aromatic heterocycles. The molecule has 130 valence electrons. The summed E-state index contributed by atoms with van der Waals surface area (Å²) < 4.78 is 5.98. The molecule has 0 bridgehead atoms. The number of halogens is 1. The normalized spacial score (nSPS) is 16.7. The van der Waals surface area contributed by atoms with Gasteiger partial charge in [-0.3, -0.25) is 0 Å². The summed E-state index contributed by atoms with van der Waals surface area (Å²) >= 11 is 6.46. The third-order valence-electron chi connectivity index (χ3n) is 4.73. The zero-order valence-corrected chi connectivity index (χ0v) is 15.9. The molecule has 1 fully saturated rings. The zero-order valence-electron chi connectivity index (χ0n) is 15.1. The quantitative estimate of drug-likeness (QED) is 0.749. The molecule has 3 nitrogen and oxygen atoms in total. The highest BCUT2D eigenvalue weighted by molar-refractivity contribution is 6.32. The SMILES string of the molecule is CCCOc1cc(C)c(Cl)c(C)c1CCCN1CCN(C)CC1. The molecular weight excluding hydrogens is 308 g/mol. The third-order valence-corrected chi connectivity index (χ3v) is 5.31. The molecule has 1 aromatic carbocycles. The van der Waals surface area contributed by atoms with Gasteiger partial charge in [-0.25, -0.2) is 0 Å². The minimum absolute atomic E-state index is 0.770. The predicted molar refractivity (Wildman–Crippen MR) is 99.0 cm³/mol. The first-order chi connectivity index (χ1) is 11.0. The molecule has 1 aromatic rings. The fraction of sp³-hybridized carbons (Fsp3) is 0.684. The monoisotopic (exact) mass is 338 g/mol. The van der Waals surface area contributed by atoms with E-state index in [-0.39, 0.29) is 0 Å². The molecule has 0 N–H and O–H groups in total. The number of hydrogen-bond donors (Lipinski definition) is 0. The summed E-state index contributed by atoms with van der Waals surface area (Å²) in [7, 11) is 2.20. The molecule has 0 aliphatic carbocycles. The highest BCUT2D eigenvalue weighted by Crippen LogP contribution is 2.32. The van der Waals surface area contributed by atoms with E-state index in [1.165, 1.54) is 37.3 Å². The summed E-state index contributed by atoms with van der Waals surface area (Å²) in [5.74, 6) is 1.03. The van der Waals surface area contributed by atoms with E-state index in [0.717, 1.165) is 48.7 Å². The summed E-state index contributed by atoms with van der Waals surface area (Å²) in [6.07, 6.45) is 3.23. The molecule has 0 unspecified atom stereocenters. The standard InChI is InChI=1S/C19H31ClN2O/c1-5-13-23-18-14-15(2)19(20)16(3)17(18)7-6-8-22-11-9-21(4)10-12-22/h14H,5-13H2,1-4H3. The summed E-state index contributed by atoms with van der Waals surface area (Å²) in [5, 5.41) is 0.892. The van der Waals surface area contributed by atoms with Crippen LogP contribution < -0.4 is 4.74 Å². The van der Waals surface area contributed by atoms with Crippen molar-refractivity contribution >= 4 is 11.6 Å². The average Bonchev–Trinajstić information content (AvgIpc) is 2.55. The van der Waals surface area contributed by atoms with Crippen molar-refractivity contribution in [3.63, 3.8) is 0 Å². The summed E-state index contributed by atoms with van der Waals surface area (Å²) in [5.41, 5.74) is 3.59. The van der Waals surface area contributed by atoms with Crippen LogP contribution in [0.1, 0.15) is 36.5 Å². The molecule has 0 spiro atoms. The Hall–Kier alpha value is -0.770. The van der Waals surface area contributed by atoms with Gasteiger partial charge >= 0.3 is 0 Å². The molecule has 0 atom stereocenters. The Kier molecular flexibility index (Phi) is 7.19. The number of nitrogens with zero attached hydrogens (tertiary/aromatic N) is 2. The number of ether oxygens (including phenoxy) is 1. The maximum absolute atomic E-state index is 6.46. The maximum atomic E-state index is 6.46. The number of hydrogen-bond acceptors (Lipinski definition) is 3. The van der Waals surface area contributed by atoms with Crippen molar-refractivity contribution in [2.75, 3.05) is 46.4 Å². The second kappa shape index (κ2) is 8.91. The summed E-state index contributed by atoms with van der Waals surface area (Å²) in [4.78, 5) is 4.97. The highest BCUT2D eigenvalue weighted by Gasteiger charge is 2.16. The van der Waals surface area contributed by atoms with E-state index in [2.05, 4.69) is 43.7 Å². The van der Waals surface area contributed by atoms with Crippen molar-refractivity contribution in [2.24, 2.45) is 0 Å². The molecule has 23 heavy (non-hydrogen) atoms. The Balaban J connectivity index is 1.98. The van der Waals surface area contributed by atoms with Crippen LogP contribution in [-0.4, -0.2) is 56.2 Å². The number of rotatable bonds is 7. The minimum atomic E-state index is 0.770. The van der Waals surface area contributed by atoms with Crippen LogP contribution in [0.25, 0.3) is 0 Å². The van der Waals surface area contributed by atoms with Crippen molar-refractivity contribution in [3.05, 3.63) is 27.8 Å². The molecule has 2 rings (SSSR count). The van der Waals surface area contributed by atoms with Crippen molar-refractivity contribution in [1.82, 2.24) is 9.80 Å². The third kappa shape index (κ3) is 5.10. The molecule has 1 aliphatic rings. The average molecular weight is 339 g/mol. The van der Waals surface area contributed by atoms with Gasteiger partial charge in [0.25, 0.3) is 0 Å². The second-order valence-electron chi connectivity index (χ2n) is 6.71. The lowest BCUT2D eigenvalue weighted by Gasteiger charge is -2.32. The second-order valence-corrected chi connectivity index (χ2v) is 7.08. The molecule has 1 heterocycles. The largest absolute Gasteiger partial charge is 0.493 e. The van der Waals surface area contributed by atoms with Gasteiger partial charge in [-0.2, -0.15) is 0 Å². The first-order valence-electron chi connectivity index (χ1n) is 8.85. The van der Waals surface area contributed by atoms with E-state index >= 15 is 0 Å². The molecule has 1 saturated heterocycles. The van der Waals surface area contributed by atoms with Crippen molar-refractivity contribution in [3.8, 4) is 5.75 Å². The highest BCUT2D eigenvalue weighted by atomic mass is 35.5. The van der Waals surface area contributed by atoms with Crippen LogP contribution in [0.3, 0.4) is 0 Å². The van der Waals surface area contributed by atoms with E-state index in [0.29, 0.717) is 0 Å². The van der Waals surface area contributed by atoms with Crippen LogP contribution in [0, 0.1) is 13.8 Å². The first kappa shape index (κ1) is 18.6. The fourth-order valence-corrected chi connectivity index (χ4v) is 3.33. The van der Waals surface area contributed by atoms with Gasteiger partial charge in [0.1, 0.15) is 5.75 Å². The topological polar surface area (TPSA) is 15.7 Å². The number of piperazine rings is 1. The Labute approximate surface area is 146 Å². The van der Waals surface area contributed by atoms with Crippen molar-refractivity contribution in [2.45, 2.75) is 40.0 Å². The lowest BCUT2D eigenvalue weighted by atomic mass is 9.99. The molecule has 0 saturated carbocycles. The van der Waals surface area contributed by atoms with Crippen molar-refractivity contribution in [1.29, 1.82) is 0 Å². The van der Waals surface area contributed by atoms with Crippen LogP contribution in [0.2, 0.25) is 5.02 Å². The van der Waals surface area contributed by atoms with Gasteiger partial charge in [-0.15, -0.1) is 0 Å². The molecule has 1 aliphatic heterocycles. The summed E-state index contributed by atoms with van der Waals surface area (Å²) in [6, 6.07) is 2.11. The van der Waals surface area contributed by atoms with Crippen LogP contribution in [0.5, 0.6) is 5.75 Å². The Morgan fingerprint density at radius 2 is 1.87 bits per heavy atom. The lowest BCUT2D eigenvalue weighted by molar-refractivity contribution is 0.153. The van der Waals surface area contributed by atoms with Gasteiger partial charge in [0.05, 0.1) is 6.61 Å². The Morgan fingerprint density at radius 3 is 2.52 bits per heavy atom. The van der Waals surface area contributed by atoms with E-state index in [9.17, 15) is 0 Å². The van der Waals surface area contributed by atoms with Gasteiger partial charge in [-0.05, 0) is 69.5 Å². The summed E-state index contributed by atoms with van der Waals surface area (Å²) in [6.45, 7) is 13.0. The van der Waals surface area contributed by atoms with Crippen LogP contribution in [-0.2, 0) is 6.42 Å². The fourth-order valence-electron chi connectivity index (χ4n) is 3.16. The molecule has 0 radical (unpaired) electrons. The number of benzene rings is 1. The smallest absolute Gasteiger partial charge is 0.123 e. The van der Waals surface area contributed by atoms with Crippen LogP contribution in [0.15, 0.2) is 6.07 Å². The van der Waals surface area contributed by atoms with Crippen LogP contribution >= 0.6 is 11.6 Å². The van der Waals surface area contributed by atoms with E-state index < -0.39 is 0 Å². The van der Waals surface area contributed by atoms with Gasteiger partial charge in [-0.1, -0.05) is 18.5 Å². The number of aryl methyl sites for hydroxylation is 1. The van der Waals surface area contributed by atoms with E-state index in [4.69, 9.17) is 16.3 Å². The maximum Gasteiger partial charge on any atom is 0.123 e. The molecule has 0 amide bonds. The first-order valence-corrected chi connectivity index (χ1v) is 9.23. The molecular formula is C19H31ClN2O. The van der Waals surface area contributed by atoms with Crippen LogP contribution in [0.4, 0.5) is 0 Å². The Bertz CT molecular complexity index is 511. The van der Waals surface area contributed by atoms with Gasteiger partial charge in [0, 0.05) is 31.2 Å². The Morgan fingerprint density at radius 1 is 1.17 bits per heavy atom. The van der Waals surface area contributed by atoms with E-state index in [1.807, 2.05) is 0 Å². The predicted octanol–water partition coefficient (Wildman–Crippen LogP) is 3.93. The van der Waals surface area contributed by atoms with Gasteiger partial charge in [0.15, 0.2) is 0 Å². The molecule has 4 heteroatoms.